The zero-order chi connectivity index (χ0) is 14.3. The number of nitrogens with one attached hydrogen (secondary N) is 1. The van der Waals surface area contributed by atoms with Gasteiger partial charge in [0.2, 0.25) is 5.91 Å². The molecule has 0 spiro atoms. The van der Waals surface area contributed by atoms with E-state index >= 15 is 0 Å². The number of carbonyl (C=O) groups is 2. The summed E-state index contributed by atoms with van der Waals surface area (Å²) in [7, 11) is 0. The van der Waals surface area contributed by atoms with E-state index in [9.17, 15) is 14.0 Å². The van der Waals surface area contributed by atoms with Gasteiger partial charge < -0.3 is 15.5 Å². The molecule has 0 bridgehead atoms. The number of rotatable bonds is 7. The number of carboxylic acids is 1. The minimum atomic E-state index is -1.21. The Bertz CT molecular complexity index is 455. The Labute approximate surface area is 113 Å². The number of carbonyl (C=O) groups excluding carboxylic acids is 1. The first-order valence-corrected chi connectivity index (χ1v) is 6.53. The van der Waals surface area contributed by atoms with Gasteiger partial charge in [-0.15, -0.1) is 11.8 Å². The molecule has 0 aliphatic heterocycles. The van der Waals surface area contributed by atoms with Crippen molar-refractivity contribution in [3.8, 4) is 0 Å². The van der Waals surface area contributed by atoms with E-state index in [0.29, 0.717) is 4.90 Å². The van der Waals surface area contributed by atoms with Gasteiger partial charge in [0.1, 0.15) is 11.9 Å². The molecule has 1 aromatic rings. The van der Waals surface area contributed by atoms with E-state index in [-0.39, 0.29) is 18.8 Å². The number of carboxylic acid groups (broad SMARTS) is 1. The molecule has 7 heteroatoms. The van der Waals surface area contributed by atoms with Crippen LogP contribution in [-0.4, -0.2) is 40.5 Å². The molecule has 1 atom stereocenters. The predicted molar refractivity (Wildman–Crippen MR) is 68.4 cm³/mol. The summed E-state index contributed by atoms with van der Waals surface area (Å²) >= 11 is 0.984. The second-order valence-electron chi connectivity index (χ2n) is 3.69. The van der Waals surface area contributed by atoms with Crippen LogP contribution in [0.1, 0.15) is 6.42 Å². The van der Waals surface area contributed by atoms with Gasteiger partial charge in [-0.3, -0.25) is 4.79 Å². The molecule has 19 heavy (non-hydrogen) atoms. The Hall–Kier alpha value is -1.60. The summed E-state index contributed by atoms with van der Waals surface area (Å²) in [5.74, 6) is -2.24. The topological polar surface area (TPSA) is 86.6 Å². The molecule has 3 N–H and O–H groups in total. The van der Waals surface area contributed by atoms with Crippen molar-refractivity contribution in [3.63, 3.8) is 0 Å². The van der Waals surface area contributed by atoms with E-state index in [1.165, 1.54) is 12.1 Å². The van der Waals surface area contributed by atoms with Crippen LogP contribution in [0.15, 0.2) is 29.2 Å². The van der Waals surface area contributed by atoms with E-state index in [1.54, 1.807) is 12.1 Å². The molecule has 0 saturated carbocycles. The van der Waals surface area contributed by atoms with Gasteiger partial charge in [0.05, 0.1) is 5.75 Å². The number of thioether (sulfide) groups is 1. The fraction of sp³-hybridized carbons (Fsp3) is 0.333. The van der Waals surface area contributed by atoms with Crippen LogP contribution in [0.3, 0.4) is 0 Å². The lowest BCUT2D eigenvalue weighted by Gasteiger charge is -2.12. The van der Waals surface area contributed by atoms with E-state index in [0.717, 1.165) is 11.8 Å². The highest BCUT2D eigenvalue weighted by Gasteiger charge is 2.19. The van der Waals surface area contributed by atoms with Crippen LogP contribution >= 0.6 is 11.8 Å². The van der Waals surface area contributed by atoms with Crippen LogP contribution in [0.5, 0.6) is 0 Å². The summed E-state index contributed by atoms with van der Waals surface area (Å²) in [4.78, 5) is 22.6. The zero-order valence-electron chi connectivity index (χ0n) is 10.0. The Morgan fingerprint density at radius 1 is 1.37 bits per heavy atom. The molecule has 1 amide bonds. The number of benzene rings is 1. The summed E-state index contributed by atoms with van der Waals surface area (Å²) in [6.07, 6.45) is -0.0640. The van der Waals surface area contributed by atoms with Crippen LogP contribution in [-0.2, 0) is 9.59 Å². The van der Waals surface area contributed by atoms with E-state index in [1.807, 2.05) is 0 Å². The quantitative estimate of drug-likeness (QED) is 0.648. The fourth-order valence-corrected chi connectivity index (χ4v) is 2.08. The highest BCUT2D eigenvalue weighted by Crippen LogP contribution is 2.20. The number of aliphatic hydroxyl groups excluding tert-OH is 1. The second-order valence-corrected chi connectivity index (χ2v) is 4.71. The molecule has 0 aliphatic carbocycles. The molecule has 104 valence electrons. The maximum atomic E-state index is 13.3. The highest BCUT2D eigenvalue weighted by atomic mass is 32.2. The Morgan fingerprint density at radius 3 is 2.63 bits per heavy atom. The first kappa shape index (κ1) is 15.5. The van der Waals surface area contributed by atoms with Crippen LogP contribution in [0, 0.1) is 5.82 Å². The second kappa shape index (κ2) is 7.75. The molecule has 0 unspecified atom stereocenters. The zero-order valence-corrected chi connectivity index (χ0v) is 10.8. The lowest BCUT2D eigenvalue weighted by atomic mass is 10.2. The fourth-order valence-electron chi connectivity index (χ4n) is 1.33. The minimum Gasteiger partial charge on any atom is -0.480 e. The van der Waals surface area contributed by atoms with Gasteiger partial charge in [0.25, 0.3) is 0 Å². The molecular formula is C12H14FNO4S. The lowest BCUT2D eigenvalue weighted by molar-refractivity contribution is -0.141. The molecule has 0 fully saturated rings. The number of aliphatic hydroxyl groups is 1. The largest absolute Gasteiger partial charge is 0.480 e. The van der Waals surface area contributed by atoms with E-state index < -0.39 is 23.7 Å². The Morgan fingerprint density at radius 2 is 2.05 bits per heavy atom. The van der Waals surface area contributed by atoms with E-state index in [2.05, 4.69) is 5.32 Å². The van der Waals surface area contributed by atoms with Crippen molar-refractivity contribution in [3.05, 3.63) is 30.1 Å². The molecule has 0 heterocycles. The molecule has 1 aromatic carbocycles. The van der Waals surface area contributed by atoms with Crippen molar-refractivity contribution in [2.75, 3.05) is 12.4 Å². The number of halogens is 1. The summed E-state index contributed by atoms with van der Waals surface area (Å²) in [6.45, 7) is -0.336. The summed E-state index contributed by atoms with van der Waals surface area (Å²) < 4.78 is 13.3. The molecule has 0 aliphatic rings. The number of hydrogen-bond donors (Lipinski definition) is 3. The molecule has 5 nitrogen and oxygen atoms in total. The first-order valence-electron chi connectivity index (χ1n) is 5.55. The maximum Gasteiger partial charge on any atom is 0.326 e. The summed E-state index contributed by atoms with van der Waals surface area (Å²) in [5.41, 5.74) is 0. The minimum absolute atomic E-state index is 0.0640. The van der Waals surface area contributed by atoms with E-state index in [4.69, 9.17) is 10.2 Å². The van der Waals surface area contributed by atoms with Gasteiger partial charge in [-0.25, -0.2) is 9.18 Å². The average Bonchev–Trinajstić information content (AvgIpc) is 2.37. The van der Waals surface area contributed by atoms with Crippen molar-refractivity contribution < 1.29 is 24.2 Å². The van der Waals surface area contributed by atoms with Gasteiger partial charge in [-0.2, -0.15) is 0 Å². The van der Waals surface area contributed by atoms with Crippen molar-refractivity contribution in [1.82, 2.24) is 5.32 Å². The van der Waals surface area contributed by atoms with Crippen molar-refractivity contribution >= 4 is 23.6 Å². The summed E-state index contributed by atoms with van der Waals surface area (Å²) in [6, 6.07) is 4.89. The monoisotopic (exact) mass is 287 g/mol. The molecule has 0 radical (unpaired) electrons. The van der Waals surface area contributed by atoms with Crippen molar-refractivity contribution in [2.24, 2.45) is 0 Å². The summed E-state index contributed by atoms with van der Waals surface area (Å²) in [5, 5.41) is 19.7. The van der Waals surface area contributed by atoms with Gasteiger partial charge in [-0.05, 0) is 12.1 Å². The normalized spacial score (nSPS) is 11.9. The third-order valence-corrected chi connectivity index (χ3v) is 3.30. The maximum absolute atomic E-state index is 13.3. The third-order valence-electron chi connectivity index (χ3n) is 2.25. The predicted octanol–water partition coefficient (Wildman–Crippen LogP) is 0.870. The number of hydrogen-bond acceptors (Lipinski definition) is 4. The van der Waals surface area contributed by atoms with Gasteiger partial charge in [0.15, 0.2) is 0 Å². The molecule has 0 aromatic heterocycles. The van der Waals surface area contributed by atoms with Crippen LogP contribution < -0.4 is 5.32 Å². The Balaban J connectivity index is 2.47. The number of amides is 1. The third kappa shape index (κ3) is 5.27. The molecule has 0 saturated heterocycles. The van der Waals surface area contributed by atoms with Crippen LogP contribution in [0.4, 0.5) is 4.39 Å². The SMILES string of the molecule is O=C(CSc1ccccc1F)N[C@@H](CCO)C(=O)O. The average molecular weight is 287 g/mol. The highest BCUT2D eigenvalue weighted by molar-refractivity contribution is 8.00. The Kier molecular flexibility index (Phi) is 6.31. The molecular weight excluding hydrogens is 273 g/mol. The standard InChI is InChI=1S/C12H14FNO4S/c13-8-3-1-2-4-10(8)19-7-11(16)14-9(5-6-15)12(17)18/h1-4,9,15H,5-7H2,(H,14,16)(H,17,18)/t9-/m0/s1. The van der Waals surface area contributed by atoms with Gasteiger partial charge in [0, 0.05) is 17.9 Å². The van der Waals surface area contributed by atoms with Gasteiger partial charge in [-0.1, -0.05) is 12.1 Å². The van der Waals surface area contributed by atoms with Crippen LogP contribution in [0.25, 0.3) is 0 Å². The van der Waals surface area contributed by atoms with Crippen molar-refractivity contribution in [2.45, 2.75) is 17.4 Å². The van der Waals surface area contributed by atoms with Crippen LogP contribution in [0.2, 0.25) is 0 Å². The van der Waals surface area contributed by atoms with Gasteiger partial charge >= 0.3 is 5.97 Å². The first-order chi connectivity index (χ1) is 9.04. The molecule has 1 rings (SSSR count). The number of aliphatic carboxylic acids is 1. The smallest absolute Gasteiger partial charge is 0.326 e. The van der Waals surface area contributed by atoms with Crippen molar-refractivity contribution in [1.29, 1.82) is 0 Å². The lowest BCUT2D eigenvalue weighted by Crippen LogP contribution is -2.42.